The highest BCUT2D eigenvalue weighted by atomic mass is 32.2. The topological polar surface area (TPSA) is 49.4 Å². The molecule has 5 heteroatoms. The highest BCUT2D eigenvalue weighted by Crippen LogP contribution is 2.08. The van der Waals surface area contributed by atoms with E-state index in [2.05, 4.69) is 12.2 Å². The zero-order valence-corrected chi connectivity index (χ0v) is 13.5. The minimum absolute atomic E-state index is 0.394. The minimum Gasteiger partial charge on any atom is -0.315 e. The lowest BCUT2D eigenvalue weighted by molar-refractivity contribution is 0.459. The van der Waals surface area contributed by atoms with Gasteiger partial charge in [0, 0.05) is 20.1 Å². The molecule has 1 unspecified atom stereocenters. The normalized spacial score (nSPS) is 13.6. The number of hydrogen-bond donors (Lipinski definition) is 1. The van der Waals surface area contributed by atoms with E-state index in [0.29, 0.717) is 13.1 Å². The maximum atomic E-state index is 12.3. The number of nitrogens with one attached hydrogen (secondary N) is 1. The first-order valence-corrected chi connectivity index (χ1v) is 8.68. The van der Waals surface area contributed by atoms with Crippen molar-refractivity contribution in [3.63, 3.8) is 0 Å². The molecule has 20 heavy (non-hydrogen) atoms. The molecule has 1 atom stereocenters. The smallest absolute Gasteiger partial charge is 0.217 e. The van der Waals surface area contributed by atoms with Gasteiger partial charge in [0.2, 0.25) is 10.0 Å². The molecule has 0 bridgehead atoms. The predicted octanol–water partition coefficient (Wildman–Crippen LogP) is 1.88. The number of benzene rings is 1. The van der Waals surface area contributed by atoms with Crippen molar-refractivity contribution in [3.05, 3.63) is 35.9 Å². The third-order valence-corrected chi connectivity index (χ3v) is 5.59. The molecular weight excluding hydrogens is 272 g/mol. The van der Waals surface area contributed by atoms with Crippen LogP contribution < -0.4 is 5.32 Å². The van der Waals surface area contributed by atoms with Crippen LogP contribution in [0.5, 0.6) is 0 Å². The lowest BCUT2D eigenvalue weighted by Crippen LogP contribution is -2.41. The van der Waals surface area contributed by atoms with Crippen LogP contribution in [0.1, 0.15) is 25.8 Å². The van der Waals surface area contributed by atoms with Crippen LogP contribution in [-0.2, 0) is 16.4 Å². The Kier molecular flexibility index (Phi) is 7.19. The zero-order chi connectivity index (χ0) is 15.0. The van der Waals surface area contributed by atoms with Crippen molar-refractivity contribution in [2.75, 3.05) is 26.7 Å². The van der Waals surface area contributed by atoms with Gasteiger partial charge in [-0.25, -0.2) is 12.7 Å². The largest absolute Gasteiger partial charge is 0.315 e. The van der Waals surface area contributed by atoms with E-state index in [9.17, 15) is 8.42 Å². The van der Waals surface area contributed by atoms with Crippen molar-refractivity contribution >= 4 is 10.0 Å². The summed E-state index contributed by atoms with van der Waals surface area (Å²) in [5, 5.41) is 2.77. The molecule has 0 aliphatic rings. The summed E-state index contributed by atoms with van der Waals surface area (Å²) in [5.74, 6) is 0. The summed E-state index contributed by atoms with van der Waals surface area (Å²) in [6.45, 7) is 5.71. The van der Waals surface area contributed by atoms with Gasteiger partial charge in [-0.15, -0.1) is 0 Å². The molecule has 1 aromatic carbocycles. The third kappa shape index (κ3) is 5.23. The van der Waals surface area contributed by atoms with E-state index in [-0.39, 0.29) is 0 Å². The number of nitrogens with zero attached hydrogens (tertiary/aromatic N) is 1. The van der Waals surface area contributed by atoms with Crippen LogP contribution in [0.25, 0.3) is 0 Å². The van der Waals surface area contributed by atoms with Crippen LogP contribution in [0.4, 0.5) is 0 Å². The second-order valence-corrected chi connectivity index (χ2v) is 7.57. The van der Waals surface area contributed by atoms with Gasteiger partial charge in [0.05, 0.1) is 5.25 Å². The Morgan fingerprint density at radius 2 is 1.90 bits per heavy atom. The van der Waals surface area contributed by atoms with Crippen molar-refractivity contribution in [1.29, 1.82) is 0 Å². The second kappa shape index (κ2) is 8.39. The molecule has 0 spiro atoms. The molecule has 1 N–H and O–H groups in total. The molecule has 0 radical (unpaired) electrons. The molecule has 114 valence electrons. The lowest BCUT2D eigenvalue weighted by Gasteiger charge is -2.22. The Morgan fingerprint density at radius 3 is 2.50 bits per heavy atom. The van der Waals surface area contributed by atoms with E-state index >= 15 is 0 Å². The van der Waals surface area contributed by atoms with Gasteiger partial charge in [-0.05, 0) is 31.9 Å². The molecule has 0 saturated heterocycles. The first-order chi connectivity index (χ1) is 9.48. The van der Waals surface area contributed by atoms with Gasteiger partial charge in [-0.1, -0.05) is 37.3 Å². The molecule has 0 aliphatic heterocycles. The summed E-state index contributed by atoms with van der Waals surface area (Å²) in [7, 11) is -1.56. The minimum atomic E-state index is -3.22. The van der Waals surface area contributed by atoms with E-state index < -0.39 is 15.3 Å². The van der Waals surface area contributed by atoms with Crippen molar-refractivity contribution in [3.8, 4) is 0 Å². The van der Waals surface area contributed by atoms with Gasteiger partial charge in [0.15, 0.2) is 0 Å². The van der Waals surface area contributed by atoms with Crippen molar-refractivity contribution in [2.45, 2.75) is 31.9 Å². The SMILES string of the molecule is CCCNCC(C)S(=O)(=O)N(C)CCc1ccccc1. The van der Waals surface area contributed by atoms with Crippen molar-refractivity contribution < 1.29 is 8.42 Å². The van der Waals surface area contributed by atoms with E-state index in [1.807, 2.05) is 30.3 Å². The molecule has 0 aromatic heterocycles. The zero-order valence-electron chi connectivity index (χ0n) is 12.7. The van der Waals surface area contributed by atoms with Gasteiger partial charge in [-0.3, -0.25) is 0 Å². The maximum absolute atomic E-state index is 12.3. The average Bonchev–Trinajstić information content (AvgIpc) is 2.45. The summed E-state index contributed by atoms with van der Waals surface area (Å²) >= 11 is 0. The fraction of sp³-hybridized carbons (Fsp3) is 0.600. The molecule has 0 amide bonds. The average molecular weight is 298 g/mol. The summed E-state index contributed by atoms with van der Waals surface area (Å²) < 4.78 is 26.1. The number of likely N-dealkylation sites (N-methyl/N-ethyl adjacent to an activating group) is 1. The Hall–Kier alpha value is -0.910. The molecule has 1 aromatic rings. The molecule has 0 fully saturated rings. The standard InChI is InChI=1S/C15H26N2O2S/c1-4-11-16-13-14(2)20(18,19)17(3)12-10-15-8-6-5-7-9-15/h5-9,14,16H,4,10-13H2,1-3H3. The van der Waals surface area contributed by atoms with Crippen LogP contribution in [0, 0.1) is 0 Å². The maximum Gasteiger partial charge on any atom is 0.217 e. The van der Waals surface area contributed by atoms with E-state index in [0.717, 1.165) is 24.9 Å². The molecular formula is C15H26N2O2S. The number of hydrogen-bond acceptors (Lipinski definition) is 3. The quantitative estimate of drug-likeness (QED) is 0.708. The van der Waals surface area contributed by atoms with E-state index in [1.54, 1.807) is 14.0 Å². The highest BCUT2D eigenvalue weighted by molar-refractivity contribution is 7.89. The van der Waals surface area contributed by atoms with Gasteiger partial charge in [0.25, 0.3) is 0 Å². The number of rotatable bonds is 9. The summed E-state index contributed by atoms with van der Waals surface area (Å²) in [6.07, 6.45) is 1.75. The van der Waals surface area contributed by atoms with Crippen LogP contribution in [0.2, 0.25) is 0 Å². The van der Waals surface area contributed by atoms with Crippen molar-refractivity contribution in [2.24, 2.45) is 0 Å². The Balaban J connectivity index is 2.49. The molecule has 4 nitrogen and oxygen atoms in total. The first kappa shape index (κ1) is 17.1. The predicted molar refractivity (Wildman–Crippen MR) is 84.3 cm³/mol. The van der Waals surface area contributed by atoms with E-state index in [4.69, 9.17) is 0 Å². The van der Waals surface area contributed by atoms with Crippen LogP contribution in [0.15, 0.2) is 30.3 Å². The van der Waals surface area contributed by atoms with Crippen LogP contribution in [0.3, 0.4) is 0 Å². The Labute approximate surface area is 123 Å². The Bertz CT molecular complexity index is 474. The van der Waals surface area contributed by atoms with Gasteiger partial charge in [0.1, 0.15) is 0 Å². The summed E-state index contributed by atoms with van der Waals surface area (Å²) in [5.41, 5.74) is 1.16. The van der Waals surface area contributed by atoms with Crippen LogP contribution in [-0.4, -0.2) is 44.7 Å². The lowest BCUT2D eigenvalue weighted by atomic mass is 10.2. The Morgan fingerprint density at radius 1 is 1.25 bits per heavy atom. The summed E-state index contributed by atoms with van der Waals surface area (Å²) in [4.78, 5) is 0. The monoisotopic (exact) mass is 298 g/mol. The van der Waals surface area contributed by atoms with Gasteiger partial charge in [-0.2, -0.15) is 0 Å². The summed E-state index contributed by atoms with van der Waals surface area (Å²) in [6, 6.07) is 9.95. The number of sulfonamides is 1. The molecule has 0 saturated carbocycles. The van der Waals surface area contributed by atoms with Crippen molar-refractivity contribution in [1.82, 2.24) is 9.62 Å². The molecule has 1 rings (SSSR count). The van der Waals surface area contributed by atoms with E-state index in [1.165, 1.54) is 4.31 Å². The van der Waals surface area contributed by atoms with Gasteiger partial charge >= 0.3 is 0 Å². The molecule has 0 aliphatic carbocycles. The third-order valence-electron chi connectivity index (χ3n) is 3.36. The molecule has 0 heterocycles. The first-order valence-electron chi connectivity index (χ1n) is 7.18. The van der Waals surface area contributed by atoms with Crippen LogP contribution >= 0.6 is 0 Å². The van der Waals surface area contributed by atoms with Gasteiger partial charge < -0.3 is 5.32 Å². The fourth-order valence-corrected chi connectivity index (χ4v) is 3.24. The highest BCUT2D eigenvalue weighted by Gasteiger charge is 2.25. The fourth-order valence-electron chi connectivity index (χ4n) is 1.95. The second-order valence-electron chi connectivity index (χ2n) is 5.12.